The van der Waals surface area contributed by atoms with E-state index in [-0.39, 0.29) is 6.04 Å². The second kappa shape index (κ2) is 5.76. The molecule has 0 aromatic carbocycles. The van der Waals surface area contributed by atoms with Crippen LogP contribution in [0.5, 0.6) is 0 Å². The number of carboxylic acid groups (broad SMARTS) is 1. The Morgan fingerprint density at radius 2 is 1.95 bits per heavy atom. The largest absolute Gasteiger partial charge is 0.480 e. The fourth-order valence-electron chi connectivity index (χ4n) is 3.02. The SMILES string of the molecule is CC1CCCC1NS(=O)(=O)N1CCCCC1C(=O)O. The highest BCUT2D eigenvalue weighted by Crippen LogP contribution is 2.27. The van der Waals surface area contributed by atoms with E-state index in [1.165, 1.54) is 0 Å². The van der Waals surface area contributed by atoms with Crippen molar-refractivity contribution in [1.82, 2.24) is 9.03 Å². The normalized spacial score (nSPS) is 33.4. The molecule has 7 heteroatoms. The zero-order valence-corrected chi connectivity index (χ0v) is 12.0. The molecule has 0 spiro atoms. The van der Waals surface area contributed by atoms with E-state index in [9.17, 15) is 13.2 Å². The standard InChI is InChI=1S/C12H22N2O4S/c1-9-5-4-6-10(9)13-19(17,18)14-8-3-2-7-11(14)12(15)16/h9-11,13H,2-8H2,1H3,(H,15,16). The maximum absolute atomic E-state index is 12.4. The first-order valence-corrected chi connectivity index (χ1v) is 8.38. The van der Waals surface area contributed by atoms with Gasteiger partial charge in [-0.2, -0.15) is 17.4 Å². The highest BCUT2D eigenvalue weighted by atomic mass is 32.2. The van der Waals surface area contributed by atoms with E-state index < -0.39 is 22.2 Å². The molecule has 2 rings (SSSR count). The summed E-state index contributed by atoms with van der Waals surface area (Å²) in [6.07, 6.45) is 4.78. The van der Waals surface area contributed by atoms with Gasteiger partial charge < -0.3 is 5.11 Å². The number of rotatable bonds is 4. The Morgan fingerprint density at radius 1 is 1.21 bits per heavy atom. The van der Waals surface area contributed by atoms with Crippen LogP contribution in [0.4, 0.5) is 0 Å². The third kappa shape index (κ3) is 3.27. The average Bonchev–Trinajstić information content (AvgIpc) is 2.74. The number of hydrogen-bond donors (Lipinski definition) is 2. The molecule has 0 radical (unpaired) electrons. The van der Waals surface area contributed by atoms with Crippen LogP contribution >= 0.6 is 0 Å². The van der Waals surface area contributed by atoms with Gasteiger partial charge in [-0.1, -0.05) is 13.3 Å². The first-order valence-electron chi connectivity index (χ1n) is 6.93. The Kier molecular flexibility index (Phi) is 4.47. The fraction of sp³-hybridized carbons (Fsp3) is 0.917. The highest BCUT2D eigenvalue weighted by Gasteiger charge is 2.38. The van der Waals surface area contributed by atoms with Crippen molar-refractivity contribution in [3.05, 3.63) is 0 Å². The van der Waals surface area contributed by atoms with E-state index in [1.807, 2.05) is 6.92 Å². The maximum Gasteiger partial charge on any atom is 0.322 e. The molecule has 19 heavy (non-hydrogen) atoms. The van der Waals surface area contributed by atoms with Gasteiger partial charge >= 0.3 is 5.97 Å². The summed E-state index contributed by atoms with van der Waals surface area (Å²) < 4.78 is 28.5. The smallest absolute Gasteiger partial charge is 0.322 e. The van der Waals surface area contributed by atoms with Crippen LogP contribution in [0.15, 0.2) is 0 Å². The molecule has 1 saturated heterocycles. The second-order valence-corrected chi connectivity index (χ2v) is 7.25. The molecular weight excluding hydrogens is 268 g/mol. The van der Waals surface area contributed by atoms with Gasteiger partial charge in [-0.25, -0.2) is 0 Å². The molecule has 0 aromatic rings. The molecule has 110 valence electrons. The maximum atomic E-state index is 12.4. The van der Waals surface area contributed by atoms with Gasteiger partial charge in [0.05, 0.1) is 0 Å². The van der Waals surface area contributed by atoms with E-state index in [0.29, 0.717) is 18.9 Å². The average molecular weight is 290 g/mol. The predicted octanol–water partition coefficient (Wildman–Crippen LogP) is 0.948. The molecule has 3 unspecified atom stereocenters. The molecule has 1 aliphatic heterocycles. The van der Waals surface area contributed by atoms with Crippen molar-refractivity contribution in [2.75, 3.05) is 6.54 Å². The molecule has 1 saturated carbocycles. The minimum atomic E-state index is -3.69. The van der Waals surface area contributed by atoms with Crippen molar-refractivity contribution in [2.45, 2.75) is 57.5 Å². The number of nitrogens with one attached hydrogen (secondary N) is 1. The van der Waals surface area contributed by atoms with Gasteiger partial charge in [0.2, 0.25) is 0 Å². The lowest BCUT2D eigenvalue weighted by Crippen LogP contribution is -2.54. The molecule has 0 amide bonds. The summed E-state index contributed by atoms with van der Waals surface area (Å²) >= 11 is 0. The van der Waals surface area contributed by atoms with Gasteiger partial charge in [0.15, 0.2) is 0 Å². The molecule has 0 bridgehead atoms. The highest BCUT2D eigenvalue weighted by molar-refractivity contribution is 7.87. The van der Waals surface area contributed by atoms with Crippen LogP contribution in [0.25, 0.3) is 0 Å². The Labute approximate surface area is 114 Å². The molecule has 2 N–H and O–H groups in total. The van der Waals surface area contributed by atoms with Gasteiger partial charge in [0.25, 0.3) is 10.2 Å². The molecule has 2 fully saturated rings. The fourth-order valence-corrected chi connectivity index (χ4v) is 4.79. The molecule has 1 aliphatic carbocycles. The Bertz CT molecular complexity index is 437. The number of nitrogens with zero attached hydrogens (tertiary/aromatic N) is 1. The quantitative estimate of drug-likeness (QED) is 0.807. The van der Waals surface area contributed by atoms with Crippen molar-refractivity contribution in [3.63, 3.8) is 0 Å². The van der Waals surface area contributed by atoms with E-state index in [0.717, 1.165) is 36.4 Å². The number of aliphatic carboxylic acids is 1. The first-order chi connectivity index (χ1) is 8.92. The first kappa shape index (κ1) is 14.7. The van der Waals surface area contributed by atoms with E-state index >= 15 is 0 Å². The van der Waals surface area contributed by atoms with Crippen molar-refractivity contribution < 1.29 is 18.3 Å². The summed E-state index contributed by atoms with van der Waals surface area (Å²) in [5, 5.41) is 9.15. The van der Waals surface area contributed by atoms with Crippen LogP contribution < -0.4 is 4.72 Å². The van der Waals surface area contributed by atoms with Gasteiger partial charge in [-0.3, -0.25) is 4.79 Å². The third-order valence-electron chi connectivity index (χ3n) is 4.21. The lowest BCUT2D eigenvalue weighted by Gasteiger charge is -2.33. The summed E-state index contributed by atoms with van der Waals surface area (Å²) in [5.74, 6) is -0.729. The zero-order valence-electron chi connectivity index (χ0n) is 11.2. The Hall–Kier alpha value is -0.660. The number of carbonyl (C=O) groups is 1. The summed E-state index contributed by atoms with van der Waals surface area (Å²) in [7, 11) is -3.69. The minimum Gasteiger partial charge on any atom is -0.480 e. The lowest BCUT2D eigenvalue weighted by molar-refractivity contribution is -0.142. The van der Waals surface area contributed by atoms with Crippen LogP contribution in [-0.4, -0.2) is 42.4 Å². The summed E-state index contributed by atoms with van der Waals surface area (Å²) in [6.45, 7) is 2.33. The second-order valence-electron chi connectivity index (χ2n) is 5.60. The zero-order chi connectivity index (χ0) is 14.0. The molecule has 6 nitrogen and oxygen atoms in total. The van der Waals surface area contributed by atoms with Gasteiger partial charge in [0.1, 0.15) is 6.04 Å². The van der Waals surface area contributed by atoms with Crippen molar-refractivity contribution in [1.29, 1.82) is 0 Å². The van der Waals surface area contributed by atoms with Gasteiger partial charge in [-0.15, -0.1) is 0 Å². The number of piperidine rings is 1. The third-order valence-corrected chi connectivity index (χ3v) is 5.86. The molecule has 0 aromatic heterocycles. The summed E-state index contributed by atoms with van der Waals surface area (Å²) in [5.41, 5.74) is 0. The molecular formula is C12H22N2O4S. The van der Waals surface area contributed by atoms with Crippen LogP contribution in [0, 0.1) is 5.92 Å². The van der Waals surface area contributed by atoms with Crippen LogP contribution in [-0.2, 0) is 15.0 Å². The van der Waals surface area contributed by atoms with Crippen molar-refractivity contribution in [3.8, 4) is 0 Å². The Balaban J connectivity index is 2.10. The van der Waals surface area contributed by atoms with E-state index in [4.69, 9.17) is 5.11 Å². The van der Waals surface area contributed by atoms with Crippen molar-refractivity contribution in [2.24, 2.45) is 5.92 Å². The van der Waals surface area contributed by atoms with Crippen molar-refractivity contribution >= 4 is 16.2 Å². The number of hydrogen-bond acceptors (Lipinski definition) is 3. The summed E-state index contributed by atoms with van der Waals surface area (Å²) in [4.78, 5) is 11.2. The van der Waals surface area contributed by atoms with Crippen LogP contribution in [0.2, 0.25) is 0 Å². The lowest BCUT2D eigenvalue weighted by atomic mass is 10.1. The monoisotopic (exact) mass is 290 g/mol. The summed E-state index contributed by atoms with van der Waals surface area (Å²) in [6, 6.07) is -0.968. The minimum absolute atomic E-state index is 0.0543. The number of carboxylic acids is 1. The van der Waals surface area contributed by atoms with Crippen LogP contribution in [0.1, 0.15) is 45.4 Å². The van der Waals surface area contributed by atoms with Crippen LogP contribution in [0.3, 0.4) is 0 Å². The molecule has 1 heterocycles. The van der Waals surface area contributed by atoms with Gasteiger partial charge in [-0.05, 0) is 38.0 Å². The Morgan fingerprint density at radius 3 is 2.53 bits per heavy atom. The van der Waals surface area contributed by atoms with E-state index in [2.05, 4.69) is 4.72 Å². The van der Waals surface area contributed by atoms with Gasteiger partial charge in [0, 0.05) is 12.6 Å². The predicted molar refractivity (Wildman–Crippen MR) is 70.8 cm³/mol. The topological polar surface area (TPSA) is 86.7 Å². The molecule has 2 aliphatic rings. The van der Waals surface area contributed by atoms with E-state index in [1.54, 1.807) is 0 Å². The molecule has 3 atom stereocenters.